The van der Waals surface area contributed by atoms with Gasteiger partial charge in [-0.2, -0.15) is 8.42 Å². The molecule has 1 saturated heterocycles. The number of hydrogen-bond acceptors (Lipinski definition) is 10. The molecule has 32 heavy (non-hydrogen) atoms. The molecule has 0 spiro atoms. The highest BCUT2D eigenvalue weighted by Gasteiger charge is 2.30. The number of hydrogen-bond donors (Lipinski definition) is 2. The summed E-state index contributed by atoms with van der Waals surface area (Å²) in [5, 5.41) is 0. The van der Waals surface area contributed by atoms with Crippen LogP contribution < -0.4 is 15.4 Å². The van der Waals surface area contributed by atoms with Crippen molar-refractivity contribution < 1.29 is 22.1 Å². The van der Waals surface area contributed by atoms with Crippen LogP contribution in [0.5, 0.6) is 0 Å². The van der Waals surface area contributed by atoms with Crippen molar-refractivity contribution in [2.45, 2.75) is 25.2 Å². The number of nitrogens with two attached hydrogens (primary N) is 1. The first-order chi connectivity index (χ1) is 15.2. The molecule has 1 fully saturated rings. The zero-order valence-electron chi connectivity index (χ0n) is 17.5. The van der Waals surface area contributed by atoms with Crippen LogP contribution in [0.15, 0.2) is 36.9 Å². The van der Waals surface area contributed by atoms with Gasteiger partial charge >= 0.3 is 10.3 Å². The number of nitrogens with zero attached hydrogens (tertiary/aromatic N) is 5. The molecule has 0 bridgehead atoms. The topological polar surface area (TPSA) is 155 Å². The zero-order chi connectivity index (χ0) is 22.9. The van der Waals surface area contributed by atoms with Gasteiger partial charge in [0.1, 0.15) is 12.6 Å². The van der Waals surface area contributed by atoms with Crippen molar-refractivity contribution in [1.82, 2.24) is 24.2 Å². The molecule has 12 nitrogen and oxygen atoms in total. The summed E-state index contributed by atoms with van der Waals surface area (Å²) < 4.78 is 38.9. The SMILES string of the molecule is CN(C)c1ncnc2c1ncn2C1CCC(COS(=O)(=O)NC(=O)c2ccccc2N)O1. The van der Waals surface area contributed by atoms with Gasteiger partial charge in [0, 0.05) is 19.8 Å². The average molecular weight is 462 g/mol. The quantitative estimate of drug-likeness (QED) is 0.484. The fourth-order valence-electron chi connectivity index (χ4n) is 3.46. The average Bonchev–Trinajstić information content (AvgIpc) is 3.38. The summed E-state index contributed by atoms with van der Waals surface area (Å²) in [6.45, 7) is -0.242. The third-order valence-corrected chi connectivity index (χ3v) is 5.87. The number of nitrogen functional groups attached to an aromatic ring is 1. The van der Waals surface area contributed by atoms with E-state index in [2.05, 4.69) is 15.0 Å². The smallest absolute Gasteiger partial charge is 0.362 e. The molecule has 2 aromatic heterocycles. The predicted molar refractivity (Wildman–Crippen MR) is 116 cm³/mol. The molecule has 0 radical (unpaired) electrons. The fourth-order valence-corrected chi connectivity index (χ4v) is 4.19. The molecule has 2 unspecified atom stereocenters. The number of ether oxygens (including phenoxy) is 1. The third kappa shape index (κ3) is 4.49. The Morgan fingerprint density at radius 1 is 1.28 bits per heavy atom. The van der Waals surface area contributed by atoms with Gasteiger partial charge in [-0.3, -0.25) is 13.5 Å². The minimum absolute atomic E-state index is 0.0444. The lowest BCUT2D eigenvalue weighted by Gasteiger charge is -2.16. The van der Waals surface area contributed by atoms with Gasteiger partial charge in [0.25, 0.3) is 5.91 Å². The number of carbonyl (C=O) groups is 1. The van der Waals surface area contributed by atoms with Gasteiger partial charge in [0.05, 0.1) is 24.6 Å². The number of rotatable bonds is 7. The van der Waals surface area contributed by atoms with Crippen molar-refractivity contribution in [3.8, 4) is 0 Å². The lowest BCUT2D eigenvalue weighted by molar-refractivity contribution is -0.0151. The van der Waals surface area contributed by atoms with Gasteiger partial charge in [-0.05, 0) is 25.0 Å². The second kappa shape index (κ2) is 8.68. The Kier molecular flexibility index (Phi) is 5.95. The van der Waals surface area contributed by atoms with E-state index in [4.69, 9.17) is 14.7 Å². The number of fused-ring (bicyclic) bond motifs is 1. The van der Waals surface area contributed by atoms with Gasteiger partial charge < -0.3 is 15.4 Å². The highest BCUT2D eigenvalue weighted by atomic mass is 32.2. The minimum Gasteiger partial charge on any atom is -0.398 e. The van der Waals surface area contributed by atoms with E-state index in [1.807, 2.05) is 23.7 Å². The fraction of sp³-hybridized carbons (Fsp3) is 0.368. The molecule has 0 aliphatic carbocycles. The monoisotopic (exact) mass is 461 g/mol. The van der Waals surface area contributed by atoms with E-state index in [1.54, 1.807) is 23.0 Å². The lowest BCUT2D eigenvalue weighted by atomic mass is 10.2. The van der Waals surface area contributed by atoms with E-state index in [0.717, 1.165) is 0 Å². The molecule has 2 atom stereocenters. The van der Waals surface area contributed by atoms with E-state index in [0.29, 0.717) is 29.8 Å². The summed E-state index contributed by atoms with van der Waals surface area (Å²) in [5.74, 6) is -0.179. The van der Waals surface area contributed by atoms with Crippen molar-refractivity contribution >= 4 is 38.9 Å². The largest absolute Gasteiger partial charge is 0.398 e. The first-order valence-corrected chi connectivity index (χ1v) is 11.2. The number of para-hydroxylation sites is 1. The third-order valence-electron chi connectivity index (χ3n) is 4.99. The van der Waals surface area contributed by atoms with Gasteiger partial charge in [-0.1, -0.05) is 12.1 Å². The lowest BCUT2D eigenvalue weighted by Crippen LogP contribution is -2.34. The first kappa shape index (κ1) is 21.9. The van der Waals surface area contributed by atoms with Crippen molar-refractivity contribution in [2.24, 2.45) is 0 Å². The molecule has 0 saturated carbocycles. The molecular weight excluding hydrogens is 438 g/mol. The maximum atomic E-state index is 12.2. The minimum atomic E-state index is -4.33. The van der Waals surface area contributed by atoms with E-state index in [1.165, 1.54) is 18.5 Å². The standard InChI is InChI=1S/C19H23N7O5S/c1-25(2)17-16-18(22-10-21-17)26(11-23-16)15-8-7-12(31-15)9-30-32(28,29)24-19(27)13-5-3-4-6-14(13)20/h3-6,10-12,15H,7-9,20H2,1-2H3,(H,24,27). The summed E-state index contributed by atoms with van der Waals surface area (Å²) in [5.41, 5.74) is 7.18. The molecule has 1 amide bonds. The molecule has 4 rings (SSSR count). The van der Waals surface area contributed by atoms with E-state index in [-0.39, 0.29) is 24.1 Å². The van der Waals surface area contributed by atoms with Crippen LogP contribution in [0.2, 0.25) is 0 Å². The highest BCUT2D eigenvalue weighted by Crippen LogP contribution is 2.32. The second-order valence-electron chi connectivity index (χ2n) is 7.46. The number of benzene rings is 1. The molecule has 3 N–H and O–H groups in total. The maximum Gasteiger partial charge on any atom is 0.362 e. The highest BCUT2D eigenvalue weighted by molar-refractivity contribution is 7.85. The van der Waals surface area contributed by atoms with Crippen LogP contribution in [-0.2, 0) is 19.2 Å². The van der Waals surface area contributed by atoms with Gasteiger partial charge in [-0.25, -0.2) is 19.7 Å². The van der Waals surface area contributed by atoms with Crippen LogP contribution in [0.1, 0.15) is 29.4 Å². The maximum absolute atomic E-state index is 12.2. The molecule has 13 heteroatoms. The van der Waals surface area contributed by atoms with Crippen molar-refractivity contribution in [3.63, 3.8) is 0 Å². The molecule has 170 valence electrons. The molecular formula is C19H23N7O5S. The van der Waals surface area contributed by atoms with Crippen LogP contribution in [0, 0.1) is 0 Å². The number of aromatic nitrogens is 4. The number of anilines is 2. The molecule has 3 aromatic rings. The van der Waals surface area contributed by atoms with Crippen LogP contribution in [0.25, 0.3) is 11.2 Å². The molecule has 1 aliphatic heterocycles. The summed E-state index contributed by atoms with van der Waals surface area (Å²) in [6, 6.07) is 6.14. The Balaban J connectivity index is 1.37. The Labute approximate surface area is 184 Å². The number of nitrogens with one attached hydrogen (secondary N) is 1. The first-order valence-electron chi connectivity index (χ1n) is 9.81. The normalized spacial score (nSPS) is 18.7. The molecule has 3 heterocycles. The summed E-state index contributed by atoms with van der Waals surface area (Å²) in [7, 11) is -0.601. The Hall–Kier alpha value is -3.29. The predicted octanol–water partition coefficient (Wildman–Crippen LogP) is 0.844. The number of amides is 1. The Morgan fingerprint density at radius 2 is 2.06 bits per heavy atom. The molecule has 1 aliphatic rings. The number of imidazole rings is 1. The number of carbonyl (C=O) groups excluding carboxylic acids is 1. The summed E-state index contributed by atoms with van der Waals surface area (Å²) in [4.78, 5) is 27.0. The van der Waals surface area contributed by atoms with Crippen LogP contribution in [0.4, 0.5) is 11.5 Å². The van der Waals surface area contributed by atoms with Gasteiger partial charge in [0.15, 0.2) is 17.0 Å². The van der Waals surface area contributed by atoms with Crippen LogP contribution in [0.3, 0.4) is 0 Å². The van der Waals surface area contributed by atoms with Gasteiger partial charge in [-0.15, -0.1) is 0 Å². The van der Waals surface area contributed by atoms with E-state index < -0.39 is 22.3 Å². The molecule has 1 aromatic carbocycles. The van der Waals surface area contributed by atoms with Gasteiger partial charge in [0.2, 0.25) is 0 Å². The Morgan fingerprint density at radius 3 is 2.81 bits per heavy atom. The van der Waals surface area contributed by atoms with Crippen molar-refractivity contribution in [3.05, 3.63) is 42.5 Å². The van der Waals surface area contributed by atoms with Crippen LogP contribution >= 0.6 is 0 Å². The second-order valence-corrected chi connectivity index (χ2v) is 8.81. The van der Waals surface area contributed by atoms with Crippen LogP contribution in [-0.4, -0.2) is 60.7 Å². The zero-order valence-corrected chi connectivity index (χ0v) is 18.3. The van der Waals surface area contributed by atoms with Crippen molar-refractivity contribution in [2.75, 3.05) is 31.3 Å². The Bertz CT molecular complexity index is 1240. The van der Waals surface area contributed by atoms with E-state index >= 15 is 0 Å². The summed E-state index contributed by atoms with van der Waals surface area (Å²) >= 11 is 0. The van der Waals surface area contributed by atoms with Crippen molar-refractivity contribution in [1.29, 1.82) is 0 Å². The van der Waals surface area contributed by atoms with E-state index in [9.17, 15) is 13.2 Å². The summed E-state index contributed by atoms with van der Waals surface area (Å²) in [6.07, 6.45) is 3.40.